The predicted octanol–water partition coefficient (Wildman–Crippen LogP) is 3.35. The molecule has 0 saturated carbocycles. The van der Waals surface area contributed by atoms with Crippen molar-refractivity contribution in [1.29, 1.82) is 0 Å². The Morgan fingerprint density at radius 2 is 1.84 bits per heavy atom. The molecule has 7 nitrogen and oxygen atoms in total. The van der Waals surface area contributed by atoms with Gasteiger partial charge in [0.2, 0.25) is 0 Å². The summed E-state index contributed by atoms with van der Waals surface area (Å²) in [6.07, 6.45) is 3.40. The summed E-state index contributed by atoms with van der Waals surface area (Å²) in [5.74, 6) is -0.453. The number of piperidine rings is 1. The topological polar surface area (TPSA) is 87.5 Å². The number of aromatic nitrogens is 2. The molecule has 31 heavy (non-hydrogen) atoms. The fourth-order valence-electron chi connectivity index (χ4n) is 4.04. The molecular weight excluding hydrogens is 392 g/mol. The van der Waals surface area contributed by atoms with Crippen LogP contribution >= 0.6 is 0 Å². The molecule has 2 amide bonds. The van der Waals surface area contributed by atoms with Gasteiger partial charge in [0.25, 0.3) is 11.8 Å². The first kappa shape index (κ1) is 20.7. The SMILES string of the molecule is CCNC(=O)c1cn(-c2ccccc2)nc1C1CCCN(C(=O)c2ccccc2O)C1. The van der Waals surface area contributed by atoms with E-state index in [9.17, 15) is 14.7 Å². The van der Waals surface area contributed by atoms with Crippen LogP contribution < -0.4 is 5.32 Å². The molecule has 7 heteroatoms. The standard InChI is InChI=1S/C24H26N4O3/c1-2-25-23(30)20-16-28(18-10-4-3-5-11-18)26-22(20)17-9-8-14-27(15-17)24(31)19-12-6-7-13-21(19)29/h3-7,10-13,16-17,29H,2,8-9,14-15H2,1H3,(H,25,30). The molecule has 2 N–H and O–H groups in total. The maximum Gasteiger partial charge on any atom is 0.257 e. The third kappa shape index (κ3) is 4.30. The summed E-state index contributed by atoms with van der Waals surface area (Å²) in [6.45, 7) is 3.47. The third-order valence-corrected chi connectivity index (χ3v) is 5.58. The molecule has 0 aliphatic carbocycles. The van der Waals surface area contributed by atoms with Crippen LogP contribution in [0.4, 0.5) is 0 Å². The number of nitrogens with zero attached hydrogens (tertiary/aromatic N) is 3. The van der Waals surface area contributed by atoms with Crippen LogP contribution in [0, 0.1) is 0 Å². The number of amides is 2. The number of phenolic OH excluding ortho intramolecular Hbond substituents is 1. The highest BCUT2D eigenvalue weighted by atomic mass is 16.3. The van der Waals surface area contributed by atoms with E-state index in [-0.39, 0.29) is 23.5 Å². The van der Waals surface area contributed by atoms with E-state index in [4.69, 9.17) is 5.10 Å². The Morgan fingerprint density at radius 3 is 2.58 bits per heavy atom. The molecular formula is C24H26N4O3. The van der Waals surface area contributed by atoms with E-state index < -0.39 is 0 Å². The Bertz CT molecular complexity index is 1080. The molecule has 1 aromatic heterocycles. The van der Waals surface area contributed by atoms with E-state index in [2.05, 4.69) is 5.32 Å². The number of para-hydroxylation sites is 2. The number of rotatable bonds is 5. The van der Waals surface area contributed by atoms with Crippen molar-refractivity contribution in [3.8, 4) is 11.4 Å². The van der Waals surface area contributed by atoms with Crippen molar-refractivity contribution in [2.75, 3.05) is 19.6 Å². The molecule has 1 atom stereocenters. The van der Waals surface area contributed by atoms with E-state index in [0.717, 1.165) is 18.5 Å². The van der Waals surface area contributed by atoms with Crippen molar-refractivity contribution < 1.29 is 14.7 Å². The van der Waals surface area contributed by atoms with Crippen molar-refractivity contribution in [1.82, 2.24) is 20.0 Å². The zero-order valence-electron chi connectivity index (χ0n) is 17.5. The number of nitrogens with one attached hydrogen (secondary N) is 1. The summed E-state index contributed by atoms with van der Waals surface area (Å²) in [6, 6.07) is 16.2. The minimum absolute atomic E-state index is 0.0222. The van der Waals surface area contributed by atoms with Crippen molar-refractivity contribution >= 4 is 11.8 Å². The van der Waals surface area contributed by atoms with Crippen LogP contribution in [-0.2, 0) is 0 Å². The van der Waals surface area contributed by atoms with Gasteiger partial charge in [-0.1, -0.05) is 30.3 Å². The lowest BCUT2D eigenvalue weighted by atomic mass is 9.92. The second-order valence-electron chi connectivity index (χ2n) is 7.68. The number of likely N-dealkylation sites (tertiary alicyclic amines) is 1. The predicted molar refractivity (Wildman–Crippen MR) is 118 cm³/mol. The van der Waals surface area contributed by atoms with Crippen molar-refractivity contribution in [2.24, 2.45) is 0 Å². The molecule has 1 unspecified atom stereocenters. The van der Waals surface area contributed by atoms with E-state index in [1.54, 1.807) is 34.0 Å². The van der Waals surface area contributed by atoms with Gasteiger partial charge in [0.1, 0.15) is 5.75 Å². The van der Waals surface area contributed by atoms with Crippen LogP contribution in [-0.4, -0.2) is 51.2 Å². The van der Waals surface area contributed by atoms with E-state index in [0.29, 0.717) is 36.5 Å². The normalized spacial score (nSPS) is 16.2. The van der Waals surface area contributed by atoms with Gasteiger partial charge in [-0.25, -0.2) is 4.68 Å². The minimum Gasteiger partial charge on any atom is -0.507 e. The average Bonchev–Trinajstić information content (AvgIpc) is 3.26. The van der Waals surface area contributed by atoms with Crippen LogP contribution in [0.15, 0.2) is 60.8 Å². The number of benzene rings is 2. The largest absolute Gasteiger partial charge is 0.507 e. The second-order valence-corrected chi connectivity index (χ2v) is 7.68. The van der Waals surface area contributed by atoms with Gasteiger partial charge < -0.3 is 15.3 Å². The molecule has 1 fully saturated rings. The van der Waals surface area contributed by atoms with Crippen molar-refractivity contribution in [3.63, 3.8) is 0 Å². The average molecular weight is 418 g/mol. The quantitative estimate of drug-likeness (QED) is 0.665. The first-order chi connectivity index (χ1) is 15.1. The maximum atomic E-state index is 13.0. The Labute approximate surface area is 181 Å². The Hall–Kier alpha value is -3.61. The molecule has 2 aromatic carbocycles. The molecule has 2 heterocycles. The summed E-state index contributed by atoms with van der Waals surface area (Å²) in [5.41, 5.74) is 2.40. The smallest absolute Gasteiger partial charge is 0.257 e. The molecule has 0 radical (unpaired) electrons. The van der Waals surface area contributed by atoms with E-state index >= 15 is 0 Å². The van der Waals surface area contributed by atoms with Crippen LogP contribution in [0.2, 0.25) is 0 Å². The first-order valence-corrected chi connectivity index (χ1v) is 10.6. The second kappa shape index (κ2) is 9.04. The van der Waals surface area contributed by atoms with Gasteiger partial charge in [-0.3, -0.25) is 9.59 Å². The lowest BCUT2D eigenvalue weighted by Crippen LogP contribution is -2.39. The Morgan fingerprint density at radius 1 is 1.10 bits per heavy atom. The van der Waals surface area contributed by atoms with Gasteiger partial charge in [0.15, 0.2) is 0 Å². The summed E-state index contributed by atoms with van der Waals surface area (Å²) < 4.78 is 1.73. The van der Waals surface area contributed by atoms with Crippen LogP contribution in [0.1, 0.15) is 52.1 Å². The summed E-state index contributed by atoms with van der Waals surface area (Å²) in [7, 11) is 0. The number of carbonyl (C=O) groups is 2. The molecule has 1 aliphatic rings. The van der Waals surface area contributed by atoms with E-state index in [1.807, 2.05) is 37.3 Å². The first-order valence-electron chi connectivity index (χ1n) is 10.6. The van der Waals surface area contributed by atoms with Gasteiger partial charge in [0, 0.05) is 31.7 Å². The van der Waals surface area contributed by atoms with Crippen molar-refractivity contribution in [2.45, 2.75) is 25.7 Å². The fraction of sp³-hybridized carbons (Fsp3) is 0.292. The highest BCUT2D eigenvalue weighted by Gasteiger charge is 2.31. The molecule has 0 spiro atoms. The fourth-order valence-corrected chi connectivity index (χ4v) is 4.04. The number of hydrogen-bond donors (Lipinski definition) is 2. The molecule has 160 valence electrons. The summed E-state index contributed by atoms with van der Waals surface area (Å²) in [4.78, 5) is 27.5. The highest BCUT2D eigenvalue weighted by Crippen LogP contribution is 2.31. The Balaban J connectivity index is 1.64. The zero-order valence-corrected chi connectivity index (χ0v) is 17.5. The van der Waals surface area contributed by atoms with Gasteiger partial charge in [0.05, 0.1) is 22.5 Å². The Kier molecular flexibility index (Phi) is 6.02. The summed E-state index contributed by atoms with van der Waals surface area (Å²) in [5, 5.41) is 17.7. The molecule has 4 rings (SSSR count). The zero-order chi connectivity index (χ0) is 21.8. The number of aromatic hydroxyl groups is 1. The molecule has 3 aromatic rings. The highest BCUT2D eigenvalue weighted by molar-refractivity contribution is 5.97. The third-order valence-electron chi connectivity index (χ3n) is 5.58. The summed E-state index contributed by atoms with van der Waals surface area (Å²) >= 11 is 0. The molecule has 0 bridgehead atoms. The number of phenols is 1. The van der Waals surface area contributed by atoms with Gasteiger partial charge in [-0.05, 0) is 44.0 Å². The number of carbonyl (C=O) groups excluding carboxylic acids is 2. The van der Waals surface area contributed by atoms with Gasteiger partial charge in [-0.2, -0.15) is 5.10 Å². The van der Waals surface area contributed by atoms with Crippen LogP contribution in [0.3, 0.4) is 0 Å². The number of hydrogen-bond acceptors (Lipinski definition) is 4. The molecule has 1 saturated heterocycles. The monoisotopic (exact) mass is 418 g/mol. The lowest BCUT2D eigenvalue weighted by Gasteiger charge is -2.32. The maximum absolute atomic E-state index is 13.0. The van der Waals surface area contributed by atoms with Crippen LogP contribution in [0.5, 0.6) is 5.75 Å². The minimum atomic E-state index is -0.204. The van der Waals surface area contributed by atoms with Gasteiger partial charge >= 0.3 is 0 Å². The van der Waals surface area contributed by atoms with Gasteiger partial charge in [-0.15, -0.1) is 0 Å². The molecule has 1 aliphatic heterocycles. The van der Waals surface area contributed by atoms with E-state index in [1.165, 1.54) is 6.07 Å². The van der Waals surface area contributed by atoms with Crippen LogP contribution in [0.25, 0.3) is 5.69 Å². The van der Waals surface area contributed by atoms with Crippen molar-refractivity contribution in [3.05, 3.63) is 77.6 Å². The lowest BCUT2D eigenvalue weighted by molar-refractivity contribution is 0.0702.